The summed E-state index contributed by atoms with van der Waals surface area (Å²) in [6, 6.07) is 7.87. The van der Waals surface area contributed by atoms with Gasteiger partial charge in [-0.25, -0.2) is 15.8 Å². The van der Waals surface area contributed by atoms with Gasteiger partial charge in [-0.2, -0.15) is 0 Å². The van der Waals surface area contributed by atoms with Crippen LogP contribution in [0, 0.1) is 0 Å². The van der Waals surface area contributed by atoms with Gasteiger partial charge in [-0.15, -0.1) is 0 Å². The SMILES string of the molecule is CCCCCCCCCCCCCCCCCC(=O)N(N)c1nc2ccccc2s1. The van der Waals surface area contributed by atoms with E-state index in [1.165, 1.54) is 99.8 Å². The fourth-order valence-corrected chi connectivity index (χ4v) is 4.74. The second-order valence-electron chi connectivity index (χ2n) is 8.43. The highest BCUT2D eigenvalue weighted by molar-refractivity contribution is 7.22. The molecule has 4 nitrogen and oxygen atoms in total. The first-order chi connectivity index (χ1) is 14.7. The normalized spacial score (nSPS) is 11.3. The number of hydrogen-bond acceptors (Lipinski definition) is 4. The molecule has 1 amide bonds. The lowest BCUT2D eigenvalue weighted by Gasteiger charge is -2.12. The maximum atomic E-state index is 12.3. The molecule has 0 bridgehead atoms. The molecule has 0 saturated heterocycles. The Hall–Kier alpha value is -1.46. The van der Waals surface area contributed by atoms with Gasteiger partial charge in [-0.3, -0.25) is 4.79 Å². The summed E-state index contributed by atoms with van der Waals surface area (Å²) in [6.07, 6.45) is 20.4. The van der Waals surface area contributed by atoms with Crippen LogP contribution in [0.1, 0.15) is 110 Å². The van der Waals surface area contributed by atoms with E-state index in [1.54, 1.807) is 0 Å². The first-order valence-electron chi connectivity index (χ1n) is 12.2. The summed E-state index contributed by atoms with van der Waals surface area (Å²) >= 11 is 1.47. The van der Waals surface area contributed by atoms with Crippen LogP contribution in [0.3, 0.4) is 0 Å². The van der Waals surface area contributed by atoms with E-state index in [0.29, 0.717) is 11.6 Å². The number of thiazole rings is 1. The Morgan fingerprint density at radius 2 is 1.33 bits per heavy atom. The Morgan fingerprint density at radius 3 is 1.87 bits per heavy atom. The minimum Gasteiger partial charge on any atom is -0.273 e. The van der Waals surface area contributed by atoms with Crippen molar-refractivity contribution in [2.75, 3.05) is 5.01 Å². The van der Waals surface area contributed by atoms with Crippen molar-refractivity contribution < 1.29 is 4.79 Å². The Balaban J connectivity index is 1.42. The molecule has 5 heteroatoms. The van der Waals surface area contributed by atoms with Gasteiger partial charge in [0, 0.05) is 6.42 Å². The van der Waals surface area contributed by atoms with Crippen LogP contribution < -0.4 is 10.9 Å². The Kier molecular flexibility index (Phi) is 12.7. The number of para-hydroxylation sites is 1. The number of hydrogen-bond donors (Lipinski definition) is 1. The number of anilines is 1. The van der Waals surface area contributed by atoms with Gasteiger partial charge in [0.1, 0.15) is 0 Å². The monoisotopic (exact) mass is 431 g/mol. The number of unbranched alkanes of at least 4 members (excludes halogenated alkanes) is 14. The van der Waals surface area contributed by atoms with Crippen LogP contribution in [0.4, 0.5) is 5.13 Å². The Labute approximate surface area is 187 Å². The summed E-state index contributed by atoms with van der Waals surface area (Å²) < 4.78 is 1.06. The maximum Gasteiger partial charge on any atom is 0.243 e. The predicted molar refractivity (Wildman–Crippen MR) is 131 cm³/mol. The lowest BCUT2D eigenvalue weighted by Crippen LogP contribution is -2.37. The third-order valence-electron chi connectivity index (χ3n) is 5.75. The van der Waals surface area contributed by atoms with Gasteiger partial charge in [0.05, 0.1) is 10.2 Å². The number of nitrogens with zero attached hydrogens (tertiary/aromatic N) is 2. The lowest BCUT2D eigenvalue weighted by atomic mass is 10.0. The summed E-state index contributed by atoms with van der Waals surface area (Å²) in [7, 11) is 0. The highest BCUT2D eigenvalue weighted by Gasteiger charge is 2.15. The van der Waals surface area contributed by atoms with Gasteiger partial charge < -0.3 is 0 Å². The molecule has 0 aliphatic carbocycles. The molecular formula is C25H41N3OS. The van der Waals surface area contributed by atoms with E-state index in [1.807, 2.05) is 24.3 Å². The average Bonchev–Trinajstić information content (AvgIpc) is 3.20. The fourth-order valence-electron chi connectivity index (χ4n) is 3.84. The maximum absolute atomic E-state index is 12.3. The number of carbonyl (C=O) groups excluding carboxylic acids is 1. The van der Waals surface area contributed by atoms with Crippen molar-refractivity contribution in [1.82, 2.24) is 4.98 Å². The molecule has 0 fully saturated rings. The molecular weight excluding hydrogens is 390 g/mol. The van der Waals surface area contributed by atoms with Crippen LogP contribution >= 0.6 is 11.3 Å². The summed E-state index contributed by atoms with van der Waals surface area (Å²) in [5.41, 5.74) is 0.896. The summed E-state index contributed by atoms with van der Waals surface area (Å²) in [5.74, 6) is 5.96. The Morgan fingerprint density at radius 1 is 0.833 bits per heavy atom. The van der Waals surface area contributed by atoms with Crippen molar-refractivity contribution in [3.8, 4) is 0 Å². The lowest BCUT2D eigenvalue weighted by molar-refractivity contribution is -0.118. The number of amides is 1. The van der Waals surface area contributed by atoms with E-state index in [4.69, 9.17) is 5.84 Å². The quantitative estimate of drug-likeness (QED) is 0.120. The zero-order valence-electron chi connectivity index (χ0n) is 18.9. The van der Waals surface area contributed by atoms with Crippen LogP contribution in [0.15, 0.2) is 24.3 Å². The van der Waals surface area contributed by atoms with E-state index < -0.39 is 0 Å². The van der Waals surface area contributed by atoms with Gasteiger partial charge in [-0.05, 0) is 18.6 Å². The zero-order valence-corrected chi connectivity index (χ0v) is 19.7. The minimum atomic E-state index is -0.0382. The summed E-state index contributed by atoms with van der Waals surface area (Å²) in [5, 5.41) is 1.82. The molecule has 168 valence electrons. The third-order valence-corrected chi connectivity index (χ3v) is 6.79. The van der Waals surface area contributed by atoms with E-state index in [9.17, 15) is 4.79 Å². The molecule has 2 rings (SSSR count). The Bertz CT molecular complexity index is 682. The van der Waals surface area contributed by atoms with Gasteiger partial charge in [0.25, 0.3) is 0 Å². The van der Waals surface area contributed by atoms with Crippen LogP contribution in [0.5, 0.6) is 0 Å². The number of hydrazine groups is 1. The van der Waals surface area contributed by atoms with Crippen molar-refractivity contribution in [2.45, 2.75) is 110 Å². The zero-order chi connectivity index (χ0) is 21.4. The van der Waals surface area contributed by atoms with E-state index >= 15 is 0 Å². The van der Waals surface area contributed by atoms with Gasteiger partial charge in [0.15, 0.2) is 0 Å². The molecule has 1 heterocycles. The average molecular weight is 432 g/mol. The van der Waals surface area contributed by atoms with E-state index in [-0.39, 0.29) is 5.91 Å². The van der Waals surface area contributed by atoms with Crippen LogP contribution in [-0.4, -0.2) is 10.9 Å². The highest BCUT2D eigenvalue weighted by Crippen LogP contribution is 2.27. The highest BCUT2D eigenvalue weighted by atomic mass is 32.1. The van der Waals surface area contributed by atoms with Gasteiger partial charge >= 0.3 is 0 Å². The number of benzene rings is 1. The first kappa shape index (κ1) is 24.8. The van der Waals surface area contributed by atoms with Crippen LogP contribution in [0.25, 0.3) is 10.2 Å². The molecule has 0 aliphatic heterocycles. The van der Waals surface area contributed by atoms with E-state index in [0.717, 1.165) is 23.1 Å². The molecule has 2 N–H and O–H groups in total. The number of fused-ring (bicyclic) bond motifs is 1. The molecule has 0 atom stereocenters. The predicted octanol–water partition coefficient (Wildman–Crippen LogP) is 7.76. The molecule has 1 aromatic carbocycles. The molecule has 1 aromatic heterocycles. The number of aromatic nitrogens is 1. The first-order valence-corrected chi connectivity index (χ1v) is 13.0. The molecule has 0 radical (unpaired) electrons. The second kappa shape index (κ2) is 15.4. The molecule has 30 heavy (non-hydrogen) atoms. The van der Waals surface area contributed by atoms with Gasteiger partial charge in [0.2, 0.25) is 11.0 Å². The molecule has 0 saturated carbocycles. The van der Waals surface area contributed by atoms with Crippen molar-refractivity contribution in [1.29, 1.82) is 0 Å². The fraction of sp³-hybridized carbons (Fsp3) is 0.680. The largest absolute Gasteiger partial charge is 0.273 e. The molecule has 0 unspecified atom stereocenters. The van der Waals surface area contributed by atoms with Gasteiger partial charge in [-0.1, -0.05) is 120 Å². The number of nitrogens with two attached hydrogens (primary N) is 1. The minimum absolute atomic E-state index is 0.0382. The van der Waals surface area contributed by atoms with Crippen LogP contribution in [0.2, 0.25) is 0 Å². The van der Waals surface area contributed by atoms with Crippen molar-refractivity contribution >= 4 is 32.6 Å². The third kappa shape index (κ3) is 9.57. The number of rotatable bonds is 17. The summed E-state index contributed by atoms with van der Waals surface area (Å²) in [4.78, 5) is 16.8. The smallest absolute Gasteiger partial charge is 0.243 e. The van der Waals surface area contributed by atoms with Crippen molar-refractivity contribution in [3.05, 3.63) is 24.3 Å². The van der Waals surface area contributed by atoms with Crippen molar-refractivity contribution in [3.63, 3.8) is 0 Å². The molecule has 0 spiro atoms. The summed E-state index contributed by atoms with van der Waals surface area (Å²) in [6.45, 7) is 2.28. The van der Waals surface area contributed by atoms with E-state index in [2.05, 4.69) is 11.9 Å². The van der Waals surface area contributed by atoms with Crippen LogP contribution in [-0.2, 0) is 4.79 Å². The second-order valence-corrected chi connectivity index (χ2v) is 9.44. The molecule has 2 aromatic rings. The number of carbonyl (C=O) groups is 1. The standard InChI is InChI=1S/C25H41N3OS/c1-2-3-4-5-6-7-8-9-10-11-12-13-14-15-16-21-24(29)28(26)25-27-22-19-17-18-20-23(22)30-25/h17-20H,2-16,21,26H2,1H3. The topological polar surface area (TPSA) is 59.2 Å². The van der Waals surface area contributed by atoms with Crippen molar-refractivity contribution in [2.24, 2.45) is 5.84 Å². The molecule has 0 aliphatic rings.